The zero-order chi connectivity index (χ0) is 28.4. The fourth-order valence-corrected chi connectivity index (χ4v) is 6.36. The van der Waals surface area contributed by atoms with Gasteiger partial charge in [-0.05, 0) is 60.7 Å². The van der Waals surface area contributed by atoms with Gasteiger partial charge in [0.15, 0.2) is 0 Å². The molecule has 0 amide bonds. The number of hydrogen-bond donors (Lipinski definition) is 1. The van der Waals surface area contributed by atoms with Crippen LogP contribution in [0.3, 0.4) is 0 Å². The van der Waals surface area contributed by atoms with Crippen molar-refractivity contribution in [3.8, 4) is 22.5 Å². The monoisotopic (exact) mass is 554 g/mol. The summed E-state index contributed by atoms with van der Waals surface area (Å²) in [6.45, 7) is 10.5. The minimum Gasteiger partial charge on any atom is -0.456 e. The van der Waals surface area contributed by atoms with Crippen molar-refractivity contribution in [1.82, 2.24) is 4.58 Å². The quantitative estimate of drug-likeness (QED) is 0.125. The van der Waals surface area contributed by atoms with Gasteiger partial charge in [0.1, 0.15) is 29.3 Å². The standard InChI is InChI=1S/C34H35NO4S/c1-5-18-35(19-6-2)26-15-17-28-32(22-26)39-31-21-25(20-30-23(3)10-9-11-24(30)4)14-16-27(31)34(28)29-12-7-8-13-33(29)40(36,37)38/h7-17,21-22H,5-6,18-20H2,1-4H3/p+1. The Bertz CT molecular complexity index is 1820. The Morgan fingerprint density at radius 1 is 0.800 bits per heavy atom. The van der Waals surface area contributed by atoms with Gasteiger partial charge in [0.05, 0.1) is 6.07 Å². The highest BCUT2D eigenvalue weighted by molar-refractivity contribution is 7.86. The Kier molecular flexibility index (Phi) is 7.92. The summed E-state index contributed by atoms with van der Waals surface area (Å²) in [5.74, 6) is 0.673. The molecule has 0 atom stereocenters. The van der Waals surface area contributed by atoms with E-state index in [2.05, 4.69) is 74.7 Å². The van der Waals surface area contributed by atoms with Crippen LogP contribution in [0.15, 0.2) is 88.2 Å². The average Bonchev–Trinajstić information content (AvgIpc) is 2.93. The van der Waals surface area contributed by atoms with Gasteiger partial charge < -0.3 is 4.42 Å². The Balaban J connectivity index is 1.82. The third kappa shape index (κ3) is 5.47. The normalized spacial score (nSPS) is 11.8. The van der Waals surface area contributed by atoms with Gasteiger partial charge in [-0.3, -0.25) is 4.55 Å². The highest BCUT2D eigenvalue weighted by atomic mass is 32.2. The lowest BCUT2D eigenvalue weighted by Gasteiger charge is -2.18. The summed E-state index contributed by atoms with van der Waals surface area (Å²) in [6.07, 6.45) is 2.82. The molecule has 206 valence electrons. The minimum atomic E-state index is -4.45. The lowest BCUT2D eigenvalue weighted by Crippen LogP contribution is -2.31. The van der Waals surface area contributed by atoms with Crippen molar-refractivity contribution in [1.29, 1.82) is 0 Å². The van der Waals surface area contributed by atoms with E-state index in [1.54, 1.807) is 18.2 Å². The molecular weight excluding hydrogens is 518 g/mol. The van der Waals surface area contributed by atoms with E-state index < -0.39 is 10.1 Å². The summed E-state index contributed by atoms with van der Waals surface area (Å²) in [4.78, 5) is -0.119. The van der Waals surface area contributed by atoms with Gasteiger partial charge in [-0.2, -0.15) is 8.42 Å². The number of hydrogen-bond acceptors (Lipinski definition) is 3. The van der Waals surface area contributed by atoms with Crippen molar-refractivity contribution in [2.24, 2.45) is 0 Å². The molecule has 0 aromatic heterocycles. The van der Waals surface area contributed by atoms with Crippen molar-refractivity contribution >= 4 is 21.1 Å². The summed E-state index contributed by atoms with van der Waals surface area (Å²) >= 11 is 0. The zero-order valence-electron chi connectivity index (χ0n) is 23.6. The fraction of sp³-hybridized carbons (Fsp3) is 0.265. The Morgan fingerprint density at radius 3 is 2.17 bits per heavy atom. The van der Waals surface area contributed by atoms with Crippen LogP contribution in [0.5, 0.6) is 0 Å². The molecule has 0 saturated heterocycles. The first kappa shape index (κ1) is 27.8. The molecule has 0 unspecified atom stereocenters. The molecule has 3 aromatic carbocycles. The van der Waals surface area contributed by atoms with Crippen LogP contribution in [0.2, 0.25) is 0 Å². The van der Waals surface area contributed by atoms with Crippen LogP contribution in [0.25, 0.3) is 33.4 Å². The summed E-state index contributed by atoms with van der Waals surface area (Å²) in [5.41, 5.74) is 7.53. The van der Waals surface area contributed by atoms with E-state index in [4.69, 9.17) is 4.42 Å². The molecule has 5 nitrogen and oxygen atoms in total. The third-order valence-corrected chi connectivity index (χ3v) is 8.49. The molecule has 1 N–H and O–H groups in total. The van der Waals surface area contributed by atoms with E-state index in [1.165, 1.54) is 22.8 Å². The smallest absolute Gasteiger partial charge is 0.295 e. The first-order valence-corrected chi connectivity index (χ1v) is 15.3. The Hall–Kier alpha value is -3.74. The van der Waals surface area contributed by atoms with Crippen LogP contribution >= 0.6 is 0 Å². The fourth-order valence-electron chi connectivity index (χ4n) is 5.66. The summed E-state index contributed by atoms with van der Waals surface area (Å²) in [5, 5.41) is 1.86. The van der Waals surface area contributed by atoms with Crippen LogP contribution < -0.4 is 9.93 Å². The molecule has 1 aliphatic heterocycles. The van der Waals surface area contributed by atoms with Crippen LogP contribution in [0.4, 0.5) is 0 Å². The van der Waals surface area contributed by atoms with Crippen molar-refractivity contribution in [3.63, 3.8) is 0 Å². The molecule has 0 saturated carbocycles. The summed E-state index contributed by atoms with van der Waals surface area (Å²) in [6, 6.07) is 25.2. The van der Waals surface area contributed by atoms with E-state index in [1.807, 2.05) is 12.1 Å². The van der Waals surface area contributed by atoms with Gasteiger partial charge in [-0.25, -0.2) is 4.58 Å². The van der Waals surface area contributed by atoms with Crippen LogP contribution in [-0.4, -0.2) is 26.1 Å². The molecule has 2 aliphatic rings. The SMILES string of the molecule is CCC[N+](CCC)=c1ccc2c(-c3ccccc3S(=O)(=O)O)c3ccc(Cc4c(C)cccc4C)cc3oc-2c1. The average molecular weight is 555 g/mol. The number of nitrogens with zero attached hydrogens (tertiary/aromatic N) is 1. The number of benzene rings is 4. The molecule has 6 heteroatoms. The number of rotatable bonds is 8. The van der Waals surface area contributed by atoms with Crippen LogP contribution in [0, 0.1) is 13.8 Å². The maximum atomic E-state index is 12.4. The molecule has 0 radical (unpaired) electrons. The molecular formula is C34H36NO4S+. The topological polar surface area (TPSA) is 70.5 Å². The van der Waals surface area contributed by atoms with Crippen molar-refractivity contribution in [3.05, 3.63) is 106 Å². The van der Waals surface area contributed by atoms with Crippen LogP contribution in [0.1, 0.15) is 48.9 Å². The van der Waals surface area contributed by atoms with Gasteiger partial charge in [-0.15, -0.1) is 0 Å². The van der Waals surface area contributed by atoms with Crippen molar-refractivity contribution in [2.75, 3.05) is 13.1 Å². The van der Waals surface area contributed by atoms with Gasteiger partial charge in [-0.1, -0.05) is 62.4 Å². The lowest BCUT2D eigenvalue weighted by atomic mass is 9.91. The van der Waals surface area contributed by atoms with E-state index in [0.29, 0.717) is 16.9 Å². The highest BCUT2D eigenvalue weighted by Crippen LogP contribution is 2.42. The van der Waals surface area contributed by atoms with E-state index >= 15 is 0 Å². The van der Waals surface area contributed by atoms with Gasteiger partial charge in [0.25, 0.3) is 10.1 Å². The second kappa shape index (κ2) is 11.4. The van der Waals surface area contributed by atoms with Crippen LogP contribution in [-0.2, 0) is 16.5 Å². The number of fused-ring (bicyclic) bond motifs is 2. The molecule has 40 heavy (non-hydrogen) atoms. The second-order valence-electron chi connectivity index (χ2n) is 10.5. The zero-order valence-corrected chi connectivity index (χ0v) is 24.4. The molecule has 5 rings (SSSR count). The third-order valence-electron chi connectivity index (χ3n) is 7.58. The predicted octanol–water partition coefficient (Wildman–Crippen LogP) is 7.25. The highest BCUT2D eigenvalue weighted by Gasteiger charge is 2.24. The molecule has 0 spiro atoms. The van der Waals surface area contributed by atoms with Crippen molar-refractivity contribution < 1.29 is 17.4 Å². The molecule has 0 fully saturated rings. The second-order valence-corrected chi connectivity index (χ2v) is 11.9. The Labute approximate surface area is 236 Å². The molecule has 3 aromatic rings. The van der Waals surface area contributed by atoms with Crippen molar-refractivity contribution in [2.45, 2.75) is 51.9 Å². The summed E-state index contributed by atoms with van der Waals surface area (Å²) in [7, 11) is -4.45. The first-order chi connectivity index (χ1) is 19.2. The first-order valence-electron chi connectivity index (χ1n) is 13.9. The number of aryl methyl sites for hydroxylation is 2. The predicted molar refractivity (Wildman–Crippen MR) is 162 cm³/mol. The maximum Gasteiger partial charge on any atom is 0.295 e. The lowest BCUT2D eigenvalue weighted by molar-refractivity contribution is 0.483. The molecule has 0 bridgehead atoms. The van der Waals surface area contributed by atoms with E-state index in [9.17, 15) is 13.0 Å². The van der Waals surface area contributed by atoms with Gasteiger partial charge in [0.2, 0.25) is 5.36 Å². The molecule has 1 heterocycles. The van der Waals surface area contributed by atoms with Gasteiger partial charge >= 0.3 is 0 Å². The minimum absolute atomic E-state index is 0.119. The largest absolute Gasteiger partial charge is 0.456 e. The summed E-state index contributed by atoms with van der Waals surface area (Å²) < 4.78 is 43.9. The van der Waals surface area contributed by atoms with E-state index in [-0.39, 0.29) is 4.90 Å². The molecule has 1 aliphatic carbocycles. The maximum absolute atomic E-state index is 12.4. The van der Waals surface area contributed by atoms with Gasteiger partial charge in [0, 0.05) is 41.0 Å². The van der Waals surface area contributed by atoms with E-state index in [0.717, 1.165) is 59.8 Å². The Morgan fingerprint density at radius 2 is 1.50 bits per heavy atom.